The van der Waals surface area contributed by atoms with E-state index in [0.29, 0.717) is 17.8 Å². The maximum absolute atomic E-state index is 13.7. The number of amides is 1. The van der Waals surface area contributed by atoms with E-state index in [1.54, 1.807) is 24.2 Å². The van der Waals surface area contributed by atoms with E-state index in [-0.39, 0.29) is 11.9 Å². The first kappa shape index (κ1) is 18.9. The van der Waals surface area contributed by atoms with Gasteiger partial charge in [-0.15, -0.1) is 11.8 Å². The Balaban J connectivity index is 1.53. The number of carbonyl (C=O) groups is 1. The number of H-pyrrole nitrogens is 1. The number of thioether (sulfide) groups is 1. The molecule has 7 nitrogen and oxygen atoms in total. The van der Waals surface area contributed by atoms with Crippen LogP contribution in [0.4, 0.5) is 0 Å². The number of rotatable bonds is 4. The third-order valence-corrected chi connectivity index (χ3v) is 6.36. The summed E-state index contributed by atoms with van der Waals surface area (Å²) in [6, 6.07) is 11.9. The van der Waals surface area contributed by atoms with Crippen molar-refractivity contribution in [3.63, 3.8) is 0 Å². The van der Waals surface area contributed by atoms with Crippen LogP contribution in [0.3, 0.4) is 0 Å². The molecule has 30 heavy (non-hydrogen) atoms. The molecule has 0 radical (unpaired) electrons. The highest BCUT2D eigenvalue weighted by atomic mass is 32.2. The average Bonchev–Trinajstić information content (AvgIpc) is 3.52. The minimum absolute atomic E-state index is 0.00633. The normalized spacial score (nSPS) is 16.5. The van der Waals surface area contributed by atoms with Gasteiger partial charge in [0.15, 0.2) is 0 Å². The van der Waals surface area contributed by atoms with Crippen LogP contribution in [0.1, 0.15) is 40.6 Å². The van der Waals surface area contributed by atoms with Crippen LogP contribution in [0.15, 0.2) is 53.7 Å². The number of nitrogens with one attached hydrogen (secondary N) is 1. The van der Waals surface area contributed by atoms with Gasteiger partial charge in [-0.1, -0.05) is 12.1 Å². The highest BCUT2D eigenvalue weighted by Gasteiger charge is 2.34. The van der Waals surface area contributed by atoms with Crippen molar-refractivity contribution in [1.82, 2.24) is 29.9 Å². The minimum atomic E-state index is -0.0688. The zero-order chi connectivity index (χ0) is 20.7. The second-order valence-electron chi connectivity index (χ2n) is 7.45. The zero-order valence-electron chi connectivity index (χ0n) is 16.9. The number of likely N-dealkylation sites (tertiary alicyclic amines) is 1. The van der Waals surface area contributed by atoms with Gasteiger partial charge in [0.05, 0.1) is 40.7 Å². The largest absolute Gasteiger partial charge is 0.340 e. The second-order valence-corrected chi connectivity index (χ2v) is 8.33. The standard InChI is InChI=1S/C22H22N6OS/c1-14-5-3-6-18(28-23-10-11-24-28)20(14)22(29)27-12-4-7-19(27)21-25-16-9-8-15(30-2)13-17(16)26-21/h3,5-6,8-11,13,19H,4,7,12H2,1-2H3,(H,25,26). The summed E-state index contributed by atoms with van der Waals surface area (Å²) in [5.41, 5.74) is 4.19. The van der Waals surface area contributed by atoms with Gasteiger partial charge >= 0.3 is 0 Å². The number of aryl methyl sites for hydroxylation is 1. The molecule has 0 bridgehead atoms. The Morgan fingerprint density at radius 1 is 1.20 bits per heavy atom. The van der Waals surface area contributed by atoms with Gasteiger partial charge in [0.2, 0.25) is 0 Å². The summed E-state index contributed by atoms with van der Waals surface area (Å²) in [6.45, 7) is 2.66. The number of aromatic nitrogens is 5. The van der Waals surface area contributed by atoms with Crippen molar-refractivity contribution in [3.8, 4) is 5.69 Å². The Kier molecular flexibility index (Phi) is 4.78. The molecule has 4 aromatic rings. The summed E-state index contributed by atoms with van der Waals surface area (Å²) < 4.78 is 0. The summed E-state index contributed by atoms with van der Waals surface area (Å²) >= 11 is 1.70. The van der Waals surface area contributed by atoms with Crippen LogP contribution < -0.4 is 0 Å². The summed E-state index contributed by atoms with van der Waals surface area (Å²) in [5, 5.41) is 8.47. The SMILES string of the molecule is CSc1ccc2nc(C3CCCN3C(=O)c3c(C)cccc3-n3nccn3)[nH]c2c1. The van der Waals surface area contributed by atoms with Crippen LogP contribution in [0.25, 0.3) is 16.7 Å². The molecule has 1 fully saturated rings. The van der Waals surface area contributed by atoms with Gasteiger partial charge in [-0.05, 0) is 55.9 Å². The molecule has 152 valence electrons. The molecule has 0 saturated carbocycles. The molecule has 1 amide bonds. The molecule has 2 aromatic carbocycles. The van der Waals surface area contributed by atoms with Crippen molar-refractivity contribution in [2.75, 3.05) is 12.8 Å². The van der Waals surface area contributed by atoms with E-state index in [9.17, 15) is 4.79 Å². The zero-order valence-corrected chi connectivity index (χ0v) is 17.7. The van der Waals surface area contributed by atoms with Gasteiger partial charge in [-0.3, -0.25) is 4.79 Å². The van der Waals surface area contributed by atoms with Crippen molar-refractivity contribution >= 4 is 28.7 Å². The van der Waals surface area contributed by atoms with Gasteiger partial charge < -0.3 is 9.88 Å². The van der Waals surface area contributed by atoms with Crippen LogP contribution in [-0.2, 0) is 0 Å². The van der Waals surface area contributed by atoms with E-state index < -0.39 is 0 Å². The van der Waals surface area contributed by atoms with E-state index in [4.69, 9.17) is 4.98 Å². The quantitative estimate of drug-likeness (QED) is 0.504. The van der Waals surface area contributed by atoms with Gasteiger partial charge in [-0.2, -0.15) is 15.0 Å². The lowest BCUT2D eigenvalue weighted by atomic mass is 10.0. The van der Waals surface area contributed by atoms with Crippen LogP contribution in [0.5, 0.6) is 0 Å². The molecular weight excluding hydrogens is 396 g/mol. The number of imidazole rings is 1. The molecule has 1 atom stereocenters. The predicted molar refractivity (Wildman–Crippen MR) is 117 cm³/mol. The minimum Gasteiger partial charge on any atom is -0.340 e. The first-order chi connectivity index (χ1) is 14.7. The van der Waals surface area contributed by atoms with Gasteiger partial charge in [-0.25, -0.2) is 4.98 Å². The molecule has 0 aliphatic carbocycles. The van der Waals surface area contributed by atoms with Gasteiger partial charge in [0, 0.05) is 11.4 Å². The number of fused-ring (bicyclic) bond motifs is 1. The second kappa shape index (κ2) is 7.60. The molecule has 1 unspecified atom stereocenters. The topological polar surface area (TPSA) is 79.7 Å². The number of aromatic amines is 1. The first-order valence-electron chi connectivity index (χ1n) is 9.96. The summed E-state index contributed by atoms with van der Waals surface area (Å²) in [5.74, 6) is 0.842. The van der Waals surface area contributed by atoms with Crippen LogP contribution in [0, 0.1) is 6.92 Å². The third-order valence-electron chi connectivity index (χ3n) is 5.64. The van der Waals surface area contributed by atoms with Crippen LogP contribution in [-0.4, -0.2) is 48.6 Å². The predicted octanol–water partition coefficient (Wildman–Crippen LogP) is 4.15. The fraction of sp³-hybridized carbons (Fsp3) is 0.273. The average molecular weight is 419 g/mol. The third kappa shape index (κ3) is 3.17. The maximum Gasteiger partial charge on any atom is 0.257 e. The molecule has 1 saturated heterocycles. The lowest BCUT2D eigenvalue weighted by molar-refractivity contribution is 0.0729. The Bertz CT molecular complexity index is 1220. The number of hydrogen-bond donors (Lipinski definition) is 1. The Morgan fingerprint density at radius 2 is 2.03 bits per heavy atom. The first-order valence-corrected chi connectivity index (χ1v) is 11.2. The number of benzene rings is 2. The van der Waals surface area contributed by atoms with E-state index in [1.807, 2.05) is 36.1 Å². The van der Waals surface area contributed by atoms with E-state index in [0.717, 1.165) is 35.3 Å². The monoisotopic (exact) mass is 418 g/mol. The molecule has 5 rings (SSSR count). The summed E-state index contributed by atoms with van der Waals surface area (Å²) in [6.07, 6.45) is 7.13. The molecule has 0 spiro atoms. The molecular formula is C22H22N6OS. The molecule has 8 heteroatoms. The molecule has 1 N–H and O–H groups in total. The maximum atomic E-state index is 13.7. The lowest BCUT2D eigenvalue weighted by Gasteiger charge is -2.25. The van der Waals surface area contributed by atoms with Crippen LogP contribution >= 0.6 is 11.8 Å². The summed E-state index contributed by atoms with van der Waals surface area (Å²) in [4.78, 5) is 26.6. The Hall–Kier alpha value is -3.13. The van der Waals surface area contributed by atoms with Crippen molar-refractivity contribution in [1.29, 1.82) is 0 Å². The van der Waals surface area contributed by atoms with E-state index in [2.05, 4.69) is 33.6 Å². The van der Waals surface area contributed by atoms with Crippen LogP contribution in [0.2, 0.25) is 0 Å². The molecule has 1 aliphatic heterocycles. The highest BCUT2D eigenvalue weighted by Crippen LogP contribution is 2.34. The summed E-state index contributed by atoms with van der Waals surface area (Å²) in [7, 11) is 0. The number of carbonyl (C=O) groups excluding carboxylic acids is 1. The smallest absolute Gasteiger partial charge is 0.257 e. The van der Waals surface area contributed by atoms with Crippen molar-refractivity contribution < 1.29 is 4.79 Å². The molecule has 2 aromatic heterocycles. The van der Waals surface area contributed by atoms with Crippen molar-refractivity contribution in [2.45, 2.75) is 30.7 Å². The number of hydrogen-bond acceptors (Lipinski definition) is 5. The Labute approximate surface area is 178 Å². The van der Waals surface area contributed by atoms with E-state index >= 15 is 0 Å². The number of nitrogens with zero attached hydrogens (tertiary/aromatic N) is 5. The fourth-order valence-corrected chi connectivity index (χ4v) is 4.61. The van der Waals surface area contributed by atoms with E-state index in [1.165, 1.54) is 9.69 Å². The van der Waals surface area contributed by atoms with Gasteiger partial charge in [0.1, 0.15) is 5.82 Å². The fourth-order valence-electron chi connectivity index (χ4n) is 4.17. The Morgan fingerprint density at radius 3 is 2.83 bits per heavy atom. The lowest BCUT2D eigenvalue weighted by Crippen LogP contribution is -2.32. The molecule has 1 aliphatic rings. The van der Waals surface area contributed by atoms with Crippen molar-refractivity contribution in [3.05, 3.63) is 65.7 Å². The molecule has 3 heterocycles. The van der Waals surface area contributed by atoms with Gasteiger partial charge in [0.25, 0.3) is 5.91 Å². The highest BCUT2D eigenvalue weighted by molar-refractivity contribution is 7.98. The van der Waals surface area contributed by atoms with Crippen molar-refractivity contribution in [2.24, 2.45) is 0 Å².